The van der Waals surface area contributed by atoms with Gasteiger partial charge in [0.2, 0.25) is 0 Å². The van der Waals surface area contributed by atoms with E-state index in [1.807, 2.05) is 0 Å². The number of rotatable bonds is 17. The Morgan fingerprint density at radius 3 is 1.40 bits per heavy atom. The van der Waals surface area contributed by atoms with Crippen LogP contribution in [-0.2, 0) is 31.2 Å². The molecule has 0 unspecified atom stereocenters. The lowest BCUT2D eigenvalue weighted by Crippen LogP contribution is -2.48. The maximum absolute atomic E-state index is 13.9. The van der Waals surface area contributed by atoms with Crippen LogP contribution < -0.4 is 14.0 Å². The van der Waals surface area contributed by atoms with Gasteiger partial charge in [-0.05, 0) is 91.7 Å². The van der Waals surface area contributed by atoms with Crippen molar-refractivity contribution >= 4 is 7.32 Å². The number of hydrogen-bond acceptors (Lipinski definition) is 3. The van der Waals surface area contributed by atoms with E-state index >= 15 is 0 Å². The molecule has 0 aliphatic heterocycles. The maximum Gasteiger partial charge on any atom is 0.864 e. The third-order valence-electron chi connectivity index (χ3n) is 8.51. The summed E-state index contributed by atoms with van der Waals surface area (Å²) in [7, 11) is -1.85. The summed E-state index contributed by atoms with van der Waals surface area (Å²) in [5.74, 6) is -0.448. The smallest absolute Gasteiger partial charge is 0.490 e. The molecule has 4 aromatic rings. The lowest BCUT2D eigenvalue weighted by molar-refractivity contribution is -0.930. The SMILES string of the molecule is C=CC[N+](CC=C)(CCCCCC)Cc1cc(C(F)(F)F)ccc1OB(Oc1ccc(C(F)(F)F)cc1)Oc1ccc(C(F)(F)F)cc1.FC(F)(F)c1cc[c-]cc1. The second kappa shape index (κ2) is 20.6. The van der Waals surface area contributed by atoms with Crippen LogP contribution in [0.1, 0.15) is 60.4 Å². The van der Waals surface area contributed by atoms with E-state index in [2.05, 4.69) is 26.1 Å². The molecule has 0 radical (unpaired) electrons. The standard InChI is InChI=1S/C34H36BF9NO3.C7H4F3/c1-4-7-8-9-22-45(20-5-2,21-6-3)24-25-23-28(34(42,43)44)14-19-31(25)48-35(46-29-15-10-26(11-16-29)32(36,37)38)47-30-17-12-27(13-18-30)33(39,40)41;8-7(9,10)6-4-2-1-3-5-6/h5-6,10-19,23H,2-4,7-9,20-22,24H2,1H3;2-5H/q+1;-1. The van der Waals surface area contributed by atoms with Crippen LogP contribution in [0, 0.1) is 6.07 Å². The average Bonchev–Trinajstić information content (AvgIpc) is 3.14. The number of nitrogens with zero attached hydrogens (tertiary/aromatic N) is 1. The molecule has 0 N–H and O–H groups in total. The first-order valence-electron chi connectivity index (χ1n) is 17.7. The topological polar surface area (TPSA) is 27.7 Å². The van der Waals surface area contributed by atoms with E-state index in [1.54, 1.807) is 12.2 Å². The van der Waals surface area contributed by atoms with Gasteiger partial charge in [-0.15, -0.1) is 0 Å². The number of quaternary nitrogens is 1. The van der Waals surface area contributed by atoms with Crippen molar-refractivity contribution in [2.24, 2.45) is 0 Å². The predicted octanol–water partition coefficient (Wildman–Crippen LogP) is 13.0. The fourth-order valence-corrected chi connectivity index (χ4v) is 5.66. The molecule has 0 heterocycles. The third kappa shape index (κ3) is 15.0. The van der Waals surface area contributed by atoms with E-state index in [9.17, 15) is 52.7 Å². The number of hydrogen-bond donors (Lipinski definition) is 0. The number of unbranched alkanes of at least 4 members (excludes halogenated alkanes) is 3. The minimum Gasteiger partial charge on any atom is -0.490 e. The summed E-state index contributed by atoms with van der Waals surface area (Å²) >= 11 is 0. The van der Waals surface area contributed by atoms with Crippen molar-refractivity contribution in [2.45, 2.75) is 63.9 Å². The van der Waals surface area contributed by atoms with Crippen LogP contribution in [0.5, 0.6) is 17.2 Å². The molecule has 314 valence electrons. The van der Waals surface area contributed by atoms with Gasteiger partial charge in [0.15, 0.2) is 0 Å². The van der Waals surface area contributed by atoms with Crippen LogP contribution in [0.25, 0.3) is 0 Å². The highest BCUT2D eigenvalue weighted by Crippen LogP contribution is 2.36. The summed E-state index contributed by atoms with van der Waals surface area (Å²) in [6.07, 6.45) is -11.2. The van der Waals surface area contributed by atoms with Crippen LogP contribution >= 0.6 is 0 Å². The molecule has 4 rings (SSSR count). The average molecular weight is 834 g/mol. The highest BCUT2D eigenvalue weighted by atomic mass is 19.4. The van der Waals surface area contributed by atoms with Crippen molar-refractivity contribution in [1.29, 1.82) is 0 Å². The van der Waals surface area contributed by atoms with E-state index in [0.29, 0.717) is 19.6 Å². The summed E-state index contributed by atoms with van der Waals surface area (Å²) in [5, 5.41) is 0. The van der Waals surface area contributed by atoms with Crippen LogP contribution in [0.4, 0.5) is 52.7 Å². The molecule has 0 aliphatic rings. The van der Waals surface area contributed by atoms with Gasteiger partial charge in [0, 0.05) is 5.56 Å². The van der Waals surface area contributed by atoms with Crippen molar-refractivity contribution in [3.8, 4) is 17.2 Å². The lowest BCUT2D eigenvalue weighted by Gasteiger charge is -2.38. The highest BCUT2D eigenvalue weighted by Gasteiger charge is 2.38. The Kier molecular flexibility index (Phi) is 16.8. The normalized spacial score (nSPS) is 12.2. The van der Waals surface area contributed by atoms with E-state index in [0.717, 1.165) is 105 Å². The highest BCUT2D eigenvalue weighted by molar-refractivity contribution is 6.39. The largest absolute Gasteiger partial charge is 0.864 e. The minimum atomic E-state index is -4.70. The second-order valence-corrected chi connectivity index (χ2v) is 13.0. The number of benzene rings is 4. The van der Waals surface area contributed by atoms with Crippen molar-refractivity contribution in [3.05, 3.63) is 150 Å². The zero-order chi connectivity index (χ0) is 43.2. The van der Waals surface area contributed by atoms with Gasteiger partial charge < -0.3 is 18.4 Å². The van der Waals surface area contributed by atoms with E-state index in [4.69, 9.17) is 14.0 Å². The van der Waals surface area contributed by atoms with E-state index in [1.165, 1.54) is 12.1 Å². The molecule has 0 spiro atoms. The molecule has 4 nitrogen and oxygen atoms in total. The molecule has 0 atom stereocenters. The fourth-order valence-electron chi connectivity index (χ4n) is 5.66. The number of alkyl halides is 12. The van der Waals surface area contributed by atoms with Crippen molar-refractivity contribution in [1.82, 2.24) is 0 Å². The Morgan fingerprint density at radius 2 is 1.00 bits per heavy atom. The summed E-state index contributed by atoms with van der Waals surface area (Å²) in [6.45, 7) is 11.1. The van der Waals surface area contributed by atoms with Gasteiger partial charge in [0.25, 0.3) is 0 Å². The van der Waals surface area contributed by atoms with Gasteiger partial charge in [-0.3, -0.25) is 0 Å². The Hall–Kier alpha value is -5.06. The quantitative estimate of drug-likeness (QED) is 0.0265. The van der Waals surface area contributed by atoms with Crippen LogP contribution in [-0.4, -0.2) is 31.4 Å². The molecule has 0 amide bonds. The lowest BCUT2D eigenvalue weighted by atomic mass is 10.0. The van der Waals surface area contributed by atoms with Crippen LogP contribution in [0.3, 0.4) is 0 Å². The summed E-state index contributed by atoms with van der Waals surface area (Å²) < 4.78 is 173. The molecule has 0 aromatic heterocycles. The molecule has 0 aliphatic carbocycles. The second-order valence-electron chi connectivity index (χ2n) is 13.0. The number of halogens is 12. The van der Waals surface area contributed by atoms with Gasteiger partial charge in [-0.2, -0.15) is 83.0 Å². The van der Waals surface area contributed by atoms with Crippen molar-refractivity contribution in [3.63, 3.8) is 0 Å². The van der Waals surface area contributed by atoms with Gasteiger partial charge in [0.05, 0.1) is 36.3 Å². The van der Waals surface area contributed by atoms with E-state index in [-0.39, 0.29) is 33.8 Å². The van der Waals surface area contributed by atoms with Crippen LogP contribution in [0.15, 0.2) is 116 Å². The summed E-state index contributed by atoms with van der Waals surface area (Å²) in [5.41, 5.74) is -3.42. The molecular formula is C41H40BF12NO3. The van der Waals surface area contributed by atoms with E-state index < -0.39 is 54.3 Å². The van der Waals surface area contributed by atoms with Gasteiger partial charge in [-0.1, -0.05) is 38.5 Å². The molecule has 0 saturated carbocycles. The summed E-state index contributed by atoms with van der Waals surface area (Å²) in [4.78, 5) is 0. The zero-order valence-electron chi connectivity index (χ0n) is 31.2. The fraction of sp³-hybridized carbons (Fsp3) is 0.317. The minimum absolute atomic E-state index is 0.0384. The van der Waals surface area contributed by atoms with Crippen molar-refractivity contribution < 1.29 is 71.1 Å². The molecule has 4 aromatic carbocycles. The first kappa shape index (κ1) is 47.3. The Morgan fingerprint density at radius 1 is 0.569 bits per heavy atom. The third-order valence-corrected chi connectivity index (χ3v) is 8.51. The first-order valence-corrected chi connectivity index (χ1v) is 17.7. The monoisotopic (exact) mass is 833 g/mol. The first-order chi connectivity index (χ1) is 27.1. The van der Waals surface area contributed by atoms with Crippen LogP contribution in [0.2, 0.25) is 0 Å². The zero-order valence-corrected chi connectivity index (χ0v) is 31.2. The summed E-state index contributed by atoms with van der Waals surface area (Å²) in [6, 6.07) is 16.6. The molecule has 58 heavy (non-hydrogen) atoms. The molecule has 0 bridgehead atoms. The Bertz CT molecular complexity index is 1790. The predicted molar refractivity (Wildman–Crippen MR) is 195 cm³/mol. The van der Waals surface area contributed by atoms with Gasteiger partial charge in [0.1, 0.15) is 23.8 Å². The molecular weight excluding hydrogens is 793 g/mol. The molecule has 0 fully saturated rings. The Balaban J connectivity index is 0.000000781. The molecule has 17 heteroatoms. The van der Waals surface area contributed by atoms with Crippen molar-refractivity contribution in [2.75, 3.05) is 19.6 Å². The molecule has 0 saturated heterocycles. The van der Waals surface area contributed by atoms with Gasteiger partial charge in [-0.25, -0.2) is 0 Å². The maximum atomic E-state index is 13.9. The van der Waals surface area contributed by atoms with Gasteiger partial charge >= 0.3 is 32.0 Å². The Labute approximate surface area is 329 Å².